The van der Waals surface area contributed by atoms with Crippen molar-refractivity contribution in [1.82, 2.24) is 0 Å². The highest BCUT2D eigenvalue weighted by Crippen LogP contribution is 2.26. The number of benzene rings is 1. The van der Waals surface area contributed by atoms with Crippen molar-refractivity contribution in [3.05, 3.63) is 33.8 Å². The molecule has 0 saturated heterocycles. The lowest BCUT2D eigenvalue weighted by atomic mass is 10.1. The molecule has 3 nitrogen and oxygen atoms in total. The molecule has 0 aromatic heterocycles. The van der Waals surface area contributed by atoms with E-state index >= 15 is 0 Å². The zero-order valence-electron chi connectivity index (χ0n) is 9.66. The number of methoxy groups -OCH3 is 1. The fraction of sp³-hybridized carbons (Fsp3) is 0.500. The highest BCUT2D eigenvalue weighted by atomic mass is 35.5. The minimum Gasteiger partial charge on any atom is -0.388 e. The van der Waals surface area contributed by atoms with E-state index in [1.807, 2.05) is 0 Å². The number of hydrogen-bond donors (Lipinski definition) is 1. The van der Waals surface area contributed by atoms with E-state index in [0.29, 0.717) is 36.3 Å². The van der Waals surface area contributed by atoms with E-state index in [-0.39, 0.29) is 0 Å². The Morgan fingerprint density at radius 1 is 1.18 bits per heavy atom. The van der Waals surface area contributed by atoms with Gasteiger partial charge in [-0.05, 0) is 17.7 Å². The molecule has 96 valence electrons. The van der Waals surface area contributed by atoms with E-state index < -0.39 is 6.10 Å². The lowest BCUT2D eigenvalue weighted by Crippen LogP contribution is -2.07. The molecule has 0 aliphatic rings. The summed E-state index contributed by atoms with van der Waals surface area (Å²) in [6, 6.07) is 5.10. The summed E-state index contributed by atoms with van der Waals surface area (Å²) in [6.45, 7) is 1.57. The van der Waals surface area contributed by atoms with Crippen LogP contribution in [0.4, 0.5) is 0 Å². The van der Waals surface area contributed by atoms with Crippen LogP contribution in [-0.2, 0) is 9.47 Å². The van der Waals surface area contributed by atoms with Crippen molar-refractivity contribution in [2.45, 2.75) is 12.5 Å². The molecule has 1 N–H and O–H groups in total. The van der Waals surface area contributed by atoms with Gasteiger partial charge in [-0.25, -0.2) is 0 Å². The summed E-state index contributed by atoms with van der Waals surface area (Å²) in [5.74, 6) is 0. The van der Waals surface area contributed by atoms with Gasteiger partial charge >= 0.3 is 0 Å². The smallest absolute Gasteiger partial charge is 0.0812 e. The molecular weight excluding hydrogens is 263 g/mol. The maximum Gasteiger partial charge on any atom is 0.0812 e. The van der Waals surface area contributed by atoms with Crippen molar-refractivity contribution >= 4 is 23.2 Å². The van der Waals surface area contributed by atoms with Gasteiger partial charge in [-0.2, -0.15) is 0 Å². The summed E-state index contributed by atoms with van der Waals surface area (Å²) in [7, 11) is 1.62. The molecule has 1 aromatic rings. The van der Waals surface area contributed by atoms with E-state index in [0.717, 1.165) is 5.56 Å². The first-order chi connectivity index (χ1) is 8.15. The summed E-state index contributed by atoms with van der Waals surface area (Å²) in [5.41, 5.74) is 0.745. The van der Waals surface area contributed by atoms with Gasteiger partial charge < -0.3 is 14.6 Å². The molecule has 0 aliphatic carbocycles. The molecule has 0 aliphatic heterocycles. The van der Waals surface area contributed by atoms with Gasteiger partial charge in [0.05, 0.1) is 29.4 Å². The van der Waals surface area contributed by atoms with E-state index in [9.17, 15) is 5.11 Å². The minimum absolute atomic E-state index is 0.448. The first-order valence-corrected chi connectivity index (χ1v) is 6.10. The predicted octanol–water partition coefficient (Wildman–Crippen LogP) is 3.08. The summed E-state index contributed by atoms with van der Waals surface area (Å²) >= 11 is 11.7. The van der Waals surface area contributed by atoms with Crippen LogP contribution in [0.25, 0.3) is 0 Å². The Balaban J connectivity index is 2.36. The normalized spacial score (nSPS) is 12.7. The summed E-state index contributed by atoms with van der Waals surface area (Å²) in [5, 5.41) is 10.8. The van der Waals surface area contributed by atoms with Crippen LogP contribution in [0, 0.1) is 0 Å². The molecule has 17 heavy (non-hydrogen) atoms. The average Bonchev–Trinajstić information content (AvgIpc) is 2.32. The second kappa shape index (κ2) is 7.90. The molecule has 1 unspecified atom stereocenters. The fourth-order valence-electron chi connectivity index (χ4n) is 1.33. The quantitative estimate of drug-likeness (QED) is 0.779. The molecule has 1 aromatic carbocycles. The van der Waals surface area contributed by atoms with E-state index in [2.05, 4.69) is 0 Å². The number of ether oxygens (including phenoxy) is 2. The molecular formula is C12H16Cl2O3. The van der Waals surface area contributed by atoms with Gasteiger partial charge in [0.1, 0.15) is 0 Å². The van der Waals surface area contributed by atoms with Gasteiger partial charge in [0.2, 0.25) is 0 Å². The highest BCUT2D eigenvalue weighted by molar-refractivity contribution is 6.42. The maximum absolute atomic E-state index is 9.88. The number of rotatable bonds is 7. The van der Waals surface area contributed by atoms with Gasteiger partial charge in [-0.1, -0.05) is 29.3 Å². The van der Waals surface area contributed by atoms with Crippen molar-refractivity contribution in [3.8, 4) is 0 Å². The van der Waals surface area contributed by atoms with Crippen LogP contribution in [0.15, 0.2) is 18.2 Å². The largest absolute Gasteiger partial charge is 0.388 e. The van der Waals surface area contributed by atoms with Gasteiger partial charge in [0, 0.05) is 20.1 Å². The van der Waals surface area contributed by atoms with Crippen LogP contribution in [0.3, 0.4) is 0 Å². The van der Waals surface area contributed by atoms with Crippen molar-refractivity contribution in [2.75, 3.05) is 26.9 Å². The number of hydrogen-bond acceptors (Lipinski definition) is 3. The Morgan fingerprint density at radius 2 is 1.94 bits per heavy atom. The Hall–Kier alpha value is -0.320. The van der Waals surface area contributed by atoms with Gasteiger partial charge in [0.25, 0.3) is 0 Å². The fourth-order valence-corrected chi connectivity index (χ4v) is 1.63. The Morgan fingerprint density at radius 3 is 2.59 bits per heavy atom. The summed E-state index contributed by atoms with van der Waals surface area (Å²) in [4.78, 5) is 0. The number of aliphatic hydroxyl groups excluding tert-OH is 1. The van der Waals surface area contributed by atoms with Gasteiger partial charge in [0.15, 0.2) is 0 Å². The lowest BCUT2D eigenvalue weighted by molar-refractivity contribution is 0.0475. The Kier molecular flexibility index (Phi) is 6.85. The molecule has 0 fully saturated rings. The first kappa shape index (κ1) is 14.7. The second-order valence-corrected chi connectivity index (χ2v) is 4.40. The minimum atomic E-state index is -0.590. The van der Waals surface area contributed by atoms with Crippen LogP contribution in [0.1, 0.15) is 18.1 Å². The molecule has 0 saturated carbocycles. The van der Waals surface area contributed by atoms with Gasteiger partial charge in [-0.15, -0.1) is 0 Å². The van der Waals surface area contributed by atoms with Crippen LogP contribution < -0.4 is 0 Å². The first-order valence-electron chi connectivity index (χ1n) is 5.35. The van der Waals surface area contributed by atoms with E-state index in [4.69, 9.17) is 32.7 Å². The lowest BCUT2D eigenvalue weighted by Gasteiger charge is -2.12. The number of aliphatic hydroxyl groups is 1. The molecule has 0 radical (unpaired) electrons. The van der Waals surface area contributed by atoms with Crippen LogP contribution in [-0.4, -0.2) is 32.0 Å². The van der Waals surface area contributed by atoms with Crippen molar-refractivity contribution in [1.29, 1.82) is 0 Å². The zero-order chi connectivity index (χ0) is 12.7. The molecule has 0 amide bonds. The third-order valence-electron chi connectivity index (χ3n) is 2.30. The second-order valence-electron chi connectivity index (χ2n) is 3.58. The van der Waals surface area contributed by atoms with Crippen molar-refractivity contribution in [3.63, 3.8) is 0 Å². The van der Waals surface area contributed by atoms with Crippen LogP contribution in [0.2, 0.25) is 10.0 Å². The topological polar surface area (TPSA) is 38.7 Å². The predicted molar refractivity (Wildman–Crippen MR) is 68.7 cm³/mol. The van der Waals surface area contributed by atoms with E-state index in [1.54, 1.807) is 25.3 Å². The third-order valence-corrected chi connectivity index (χ3v) is 3.03. The van der Waals surface area contributed by atoms with E-state index in [1.165, 1.54) is 0 Å². The Bertz CT molecular complexity index is 345. The SMILES string of the molecule is COCCOCCC(O)c1ccc(Cl)c(Cl)c1. The summed E-state index contributed by atoms with van der Waals surface area (Å²) < 4.78 is 10.1. The summed E-state index contributed by atoms with van der Waals surface area (Å²) in [6.07, 6.45) is -0.0749. The Labute approximate surface area is 111 Å². The molecule has 1 rings (SSSR count). The standard InChI is InChI=1S/C12H16Cl2O3/c1-16-6-7-17-5-4-12(15)9-2-3-10(13)11(14)8-9/h2-3,8,12,15H,4-7H2,1H3. The zero-order valence-corrected chi connectivity index (χ0v) is 11.2. The van der Waals surface area contributed by atoms with Crippen LogP contribution >= 0.6 is 23.2 Å². The monoisotopic (exact) mass is 278 g/mol. The number of halogens is 2. The molecule has 0 heterocycles. The molecule has 0 spiro atoms. The molecule has 0 bridgehead atoms. The maximum atomic E-state index is 9.88. The highest BCUT2D eigenvalue weighted by Gasteiger charge is 2.09. The molecule has 1 atom stereocenters. The average molecular weight is 279 g/mol. The van der Waals surface area contributed by atoms with Crippen molar-refractivity contribution in [2.24, 2.45) is 0 Å². The third kappa shape index (κ3) is 5.23. The van der Waals surface area contributed by atoms with Crippen LogP contribution in [0.5, 0.6) is 0 Å². The van der Waals surface area contributed by atoms with Gasteiger partial charge in [-0.3, -0.25) is 0 Å². The van der Waals surface area contributed by atoms with Crippen molar-refractivity contribution < 1.29 is 14.6 Å². The molecule has 5 heteroatoms.